The number of benzene rings is 1. The van der Waals surface area contributed by atoms with Gasteiger partial charge in [0, 0.05) is 6.42 Å². The number of aryl methyl sites for hydroxylation is 2. The maximum atomic E-state index is 10.5. The highest BCUT2D eigenvalue weighted by atomic mass is 79.9. The molecule has 0 aliphatic carbocycles. The van der Waals surface area contributed by atoms with E-state index in [9.17, 15) is 4.79 Å². The first-order chi connectivity index (χ1) is 7.97. The second kappa shape index (κ2) is 6.05. The van der Waals surface area contributed by atoms with Crippen molar-refractivity contribution in [2.24, 2.45) is 0 Å². The molecule has 0 aliphatic rings. The van der Waals surface area contributed by atoms with Crippen LogP contribution in [0.3, 0.4) is 0 Å². The fraction of sp³-hybridized carbons (Fsp3) is 0.462. The molecule has 0 bridgehead atoms. The molecule has 3 nitrogen and oxygen atoms in total. The van der Waals surface area contributed by atoms with Crippen LogP contribution in [0.4, 0.5) is 0 Å². The van der Waals surface area contributed by atoms with Gasteiger partial charge in [0.05, 0.1) is 11.6 Å². The number of carboxylic acids is 1. The van der Waals surface area contributed by atoms with Crippen molar-refractivity contribution in [3.63, 3.8) is 0 Å². The summed E-state index contributed by atoms with van der Waals surface area (Å²) in [4.78, 5) is 10.5. The lowest BCUT2D eigenvalue weighted by Crippen LogP contribution is -2.01. The highest BCUT2D eigenvalue weighted by Crippen LogP contribution is 2.35. The molecule has 94 valence electrons. The van der Waals surface area contributed by atoms with E-state index < -0.39 is 5.97 Å². The summed E-state index contributed by atoms with van der Waals surface area (Å²) >= 11 is 3.50. The van der Waals surface area contributed by atoms with E-state index in [1.807, 2.05) is 13.8 Å². The van der Waals surface area contributed by atoms with E-state index in [1.165, 1.54) is 0 Å². The molecule has 0 heterocycles. The molecule has 0 saturated carbocycles. The van der Waals surface area contributed by atoms with Crippen LogP contribution in [-0.4, -0.2) is 18.2 Å². The van der Waals surface area contributed by atoms with Gasteiger partial charge in [-0.25, -0.2) is 0 Å². The molecule has 4 heteroatoms. The van der Waals surface area contributed by atoms with Crippen molar-refractivity contribution < 1.29 is 14.6 Å². The van der Waals surface area contributed by atoms with E-state index in [0.717, 1.165) is 33.3 Å². The first kappa shape index (κ1) is 14.0. The number of halogens is 1. The first-order valence-electron chi connectivity index (χ1n) is 5.51. The molecule has 0 spiro atoms. The Bertz CT molecular complexity index is 427. The van der Waals surface area contributed by atoms with Crippen LogP contribution in [0.15, 0.2) is 10.5 Å². The lowest BCUT2D eigenvalue weighted by atomic mass is 9.99. The minimum absolute atomic E-state index is 0.189. The molecule has 0 atom stereocenters. The van der Waals surface area contributed by atoms with Gasteiger partial charge >= 0.3 is 5.97 Å². The predicted molar refractivity (Wildman–Crippen MR) is 70.7 cm³/mol. The summed E-state index contributed by atoms with van der Waals surface area (Å²) in [6.07, 6.45) is 1.54. The molecule has 1 N–H and O–H groups in total. The minimum atomic E-state index is -0.757. The number of carboxylic acid groups (broad SMARTS) is 1. The number of rotatable bonds is 5. The van der Waals surface area contributed by atoms with Gasteiger partial charge in [-0.2, -0.15) is 0 Å². The molecule has 1 rings (SSSR count). The lowest BCUT2D eigenvalue weighted by Gasteiger charge is -2.15. The molecule has 0 amide bonds. The van der Waals surface area contributed by atoms with Crippen molar-refractivity contribution in [2.45, 2.75) is 33.1 Å². The molecule has 1 aromatic carbocycles. The summed E-state index contributed by atoms with van der Waals surface area (Å²) in [5, 5.41) is 8.65. The summed E-state index contributed by atoms with van der Waals surface area (Å²) < 4.78 is 6.36. The van der Waals surface area contributed by atoms with E-state index in [0.29, 0.717) is 6.42 Å². The third-order valence-corrected chi connectivity index (χ3v) is 3.74. The Kier molecular flexibility index (Phi) is 5.00. The van der Waals surface area contributed by atoms with Crippen LogP contribution in [0.2, 0.25) is 0 Å². The highest BCUT2D eigenvalue weighted by Gasteiger charge is 2.13. The highest BCUT2D eigenvalue weighted by molar-refractivity contribution is 9.10. The Morgan fingerprint density at radius 2 is 2.06 bits per heavy atom. The van der Waals surface area contributed by atoms with Crippen molar-refractivity contribution >= 4 is 21.9 Å². The average molecular weight is 301 g/mol. The number of hydrogen-bond acceptors (Lipinski definition) is 2. The van der Waals surface area contributed by atoms with Crippen LogP contribution in [0.25, 0.3) is 0 Å². The van der Waals surface area contributed by atoms with Gasteiger partial charge in [0.25, 0.3) is 0 Å². The van der Waals surface area contributed by atoms with Crippen molar-refractivity contribution in [2.75, 3.05) is 7.11 Å². The fourth-order valence-corrected chi connectivity index (χ4v) is 2.42. The summed E-state index contributed by atoms with van der Waals surface area (Å²) in [7, 11) is 1.64. The topological polar surface area (TPSA) is 46.5 Å². The second-order valence-electron chi connectivity index (χ2n) is 4.08. The van der Waals surface area contributed by atoms with E-state index in [4.69, 9.17) is 9.84 Å². The van der Waals surface area contributed by atoms with Crippen molar-refractivity contribution in [1.29, 1.82) is 0 Å². The summed E-state index contributed by atoms with van der Waals surface area (Å²) in [6, 6.07) is 2.09. The van der Waals surface area contributed by atoms with Crippen LogP contribution in [-0.2, 0) is 11.2 Å². The summed E-state index contributed by atoms with van der Waals surface area (Å²) in [6.45, 7) is 4.04. The maximum Gasteiger partial charge on any atom is 0.303 e. The van der Waals surface area contributed by atoms with E-state index in [-0.39, 0.29) is 6.42 Å². The Morgan fingerprint density at radius 1 is 1.41 bits per heavy atom. The Balaban J connectivity index is 2.97. The van der Waals surface area contributed by atoms with Crippen molar-refractivity contribution in [3.05, 3.63) is 27.2 Å². The van der Waals surface area contributed by atoms with Gasteiger partial charge in [0.1, 0.15) is 5.75 Å². The number of hydrogen-bond donors (Lipinski definition) is 1. The van der Waals surface area contributed by atoms with Crippen LogP contribution in [0.1, 0.15) is 29.5 Å². The zero-order chi connectivity index (χ0) is 13.0. The zero-order valence-corrected chi connectivity index (χ0v) is 11.9. The monoisotopic (exact) mass is 300 g/mol. The van der Waals surface area contributed by atoms with Gasteiger partial charge in [0.15, 0.2) is 0 Å². The summed E-state index contributed by atoms with van der Waals surface area (Å²) in [5.74, 6) is 0.0701. The SMILES string of the molecule is COc1c(Br)c(C)cc(C)c1CCCC(=O)O. The molecule has 0 radical (unpaired) electrons. The van der Waals surface area contributed by atoms with Crippen molar-refractivity contribution in [1.82, 2.24) is 0 Å². The molecular formula is C13H17BrO3. The maximum absolute atomic E-state index is 10.5. The first-order valence-corrected chi connectivity index (χ1v) is 6.31. The number of carbonyl (C=O) groups is 1. The second-order valence-corrected chi connectivity index (χ2v) is 4.88. The fourth-order valence-electron chi connectivity index (χ4n) is 1.91. The van der Waals surface area contributed by atoms with Gasteiger partial charge in [0.2, 0.25) is 0 Å². The van der Waals surface area contributed by atoms with E-state index in [2.05, 4.69) is 22.0 Å². The average Bonchev–Trinajstić information content (AvgIpc) is 2.25. The van der Waals surface area contributed by atoms with Crippen LogP contribution >= 0.6 is 15.9 Å². The van der Waals surface area contributed by atoms with Gasteiger partial charge < -0.3 is 9.84 Å². The lowest BCUT2D eigenvalue weighted by molar-refractivity contribution is -0.137. The number of methoxy groups -OCH3 is 1. The van der Waals surface area contributed by atoms with Gasteiger partial charge in [-0.15, -0.1) is 0 Å². The molecule has 0 aromatic heterocycles. The van der Waals surface area contributed by atoms with Gasteiger partial charge in [-0.1, -0.05) is 6.07 Å². The van der Waals surface area contributed by atoms with Gasteiger partial charge in [-0.3, -0.25) is 4.79 Å². The standard InChI is InChI=1S/C13H17BrO3/c1-8-7-9(2)12(14)13(17-3)10(8)5-4-6-11(15)16/h7H,4-6H2,1-3H3,(H,15,16). The Hall–Kier alpha value is -1.03. The van der Waals surface area contributed by atoms with Crippen LogP contribution in [0.5, 0.6) is 5.75 Å². The largest absolute Gasteiger partial charge is 0.495 e. The molecular weight excluding hydrogens is 284 g/mol. The minimum Gasteiger partial charge on any atom is -0.495 e. The molecule has 0 unspecified atom stereocenters. The Morgan fingerprint density at radius 3 is 2.59 bits per heavy atom. The molecule has 1 aromatic rings. The third-order valence-electron chi connectivity index (χ3n) is 2.75. The normalized spacial score (nSPS) is 10.4. The molecule has 0 aliphatic heterocycles. The summed E-state index contributed by atoms with van der Waals surface area (Å²) in [5.41, 5.74) is 3.36. The Labute approximate surface area is 110 Å². The number of aliphatic carboxylic acids is 1. The molecule has 17 heavy (non-hydrogen) atoms. The van der Waals surface area contributed by atoms with E-state index in [1.54, 1.807) is 7.11 Å². The predicted octanol–water partition coefficient (Wildman–Crippen LogP) is 3.48. The van der Waals surface area contributed by atoms with Gasteiger partial charge in [-0.05, 0) is 59.3 Å². The molecule has 0 saturated heterocycles. The zero-order valence-electron chi connectivity index (χ0n) is 10.3. The smallest absolute Gasteiger partial charge is 0.303 e. The van der Waals surface area contributed by atoms with Crippen molar-refractivity contribution in [3.8, 4) is 5.75 Å². The van der Waals surface area contributed by atoms with E-state index >= 15 is 0 Å². The third kappa shape index (κ3) is 3.46. The van der Waals surface area contributed by atoms with Crippen LogP contribution < -0.4 is 4.74 Å². The number of ether oxygens (including phenoxy) is 1. The quantitative estimate of drug-likeness (QED) is 0.905. The van der Waals surface area contributed by atoms with Crippen LogP contribution in [0, 0.1) is 13.8 Å². The molecule has 0 fully saturated rings.